The quantitative estimate of drug-likeness (QED) is 0.347. The van der Waals surface area contributed by atoms with Crippen LogP contribution in [0.5, 0.6) is 5.75 Å². The van der Waals surface area contributed by atoms with Crippen molar-refractivity contribution in [2.75, 3.05) is 24.8 Å². The van der Waals surface area contributed by atoms with E-state index in [0.29, 0.717) is 34.2 Å². The van der Waals surface area contributed by atoms with Gasteiger partial charge in [0, 0.05) is 37.1 Å². The van der Waals surface area contributed by atoms with Crippen LogP contribution in [0.3, 0.4) is 0 Å². The van der Waals surface area contributed by atoms with E-state index in [1.807, 2.05) is 6.92 Å². The molecule has 33 heavy (non-hydrogen) atoms. The number of hydrogen-bond acceptors (Lipinski definition) is 9. The normalized spacial score (nSPS) is 10.7. The van der Waals surface area contributed by atoms with Crippen molar-refractivity contribution in [2.45, 2.75) is 13.8 Å². The molecule has 0 atom stereocenters. The van der Waals surface area contributed by atoms with Gasteiger partial charge in [-0.15, -0.1) is 0 Å². The van der Waals surface area contributed by atoms with Crippen molar-refractivity contribution in [2.24, 2.45) is 0 Å². The number of hydrogen-bond donors (Lipinski definition) is 4. The first-order valence-corrected chi connectivity index (χ1v) is 9.89. The number of fused-ring (bicyclic) bond motifs is 1. The maximum absolute atomic E-state index is 13.1. The molecular formula is C21H21N9O3. The molecule has 0 saturated carbocycles. The molecule has 4 rings (SSSR count). The third-order valence-corrected chi connectivity index (χ3v) is 4.73. The summed E-state index contributed by atoms with van der Waals surface area (Å²) < 4.78 is 5.34. The number of benzene rings is 1. The molecule has 12 heteroatoms. The molecule has 0 unspecified atom stereocenters. The maximum atomic E-state index is 13.1. The van der Waals surface area contributed by atoms with Crippen LogP contribution in [-0.4, -0.2) is 56.3 Å². The topological polar surface area (TPSA) is 160 Å². The van der Waals surface area contributed by atoms with Crippen molar-refractivity contribution in [3.8, 4) is 5.75 Å². The summed E-state index contributed by atoms with van der Waals surface area (Å²) in [4.78, 5) is 38.4. The Balaban J connectivity index is 1.69. The van der Waals surface area contributed by atoms with Gasteiger partial charge in [0.1, 0.15) is 34.2 Å². The molecule has 4 N–H and O–H groups in total. The van der Waals surface area contributed by atoms with Crippen LogP contribution in [0, 0.1) is 13.8 Å². The Kier molecular flexibility index (Phi) is 5.81. The van der Waals surface area contributed by atoms with Gasteiger partial charge < -0.3 is 20.7 Å². The van der Waals surface area contributed by atoms with Gasteiger partial charge in [-0.25, -0.2) is 15.0 Å². The number of pyridine rings is 1. The van der Waals surface area contributed by atoms with E-state index >= 15 is 0 Å². The zero-order chi connectivity index (χ0) is 23.5. The van der Waals surface area contributed by atoms with Gasteiger partial charge in [-0.05, 0) is 19.9 Å². The highest BCUT2D eigenvalue weighted by Gasteiger charge is 2.19. The van der Waals surface area contributed by atoms with Crippen LogP contribution >= 0.6 is 0 Å². The number of nitrogens with one attached hydrogen (secondary N) is 4. The lowest BCUT2D eigenvalue weighted by atomic mass is 10.1. The van der Waals surface area contributed by atoms with Gasteiger partial charge in [0.25, 0.3) is 11.8 Å². The van der Waals surface area contributed by atoms with E-state index < -0.39 is 11.8 Å². The molecule has 1 aromatic carbocycles. The SMILES string of the molecule is CNC(=O)c1cnc(Nc2cc(C)nc(C)n2)cc1NC(=O)c1cc2n[nH]nc2cc1OC. The molecule has 0 bridgehead atoms. The molecule has 3 heterocycles. The summed E-state index contributed by atoms with van der Waals surface area (Å²) in [6.07, 6.45) is 1.37. The smallest absolute Gasteiger partial charge is 0.259 e. The Morgan fingerprint density at radius 1 is 0.939 bits per heavy atom. The third-order valence-electron chi connectivity index (χ3n) is 4.73. The summed E-state index contributed by atoms with van der Waals surface area (Å²) in [6, 6.07) is 6.47. The Morgan fingerprint density at radius 2 is 1.70 bits per heavy atom. The van der Waals surface area contributed by atoms with Gasteiger partial charge in [-0.3, -0.25) is 9.59 Å². The van der Waals surface area contributed by atoms with E-state index in [4.69, 9.17) is 4.74 Å². The maximum Gasteiger partial charge on any atom is 0.259 e. The lowest BCUT2D eigenvalue weighted by Crippen LogP contribution is -2.22. The molecule has 4 aromatic rings. The molecule has 0 aliphatic carbocycles. The van der Waals surface area contributed by atoms with Crippen molar-refractivity contribution in [1.82, 2.24) is 35.7 Å². The summed E-state index contributed by atoms with van der Waals surface area (Å²) in [5, 5.41) is 18.9. The fourth-order valence-electron chi connectivity index (χ4n) is 3.26. The predicted octanol–water partition coefficient (Wildman–Crippen LogP) is 2.12. The van der Waals surface area contributed by atoms with Crippen molar-refractivity contribution < 1.29 is 14.3 Å². The number of aryl methyl sites for hydroxylation is 2. The van der Waals surface area contributed by atoms with Crippen LogP contribution in [0.25, 0.3) is 11.0 Å². The molecular weight excluding hydrogens is 426 g/mol. The minimum atomic E-state index is -0.493. The van der Waals surface area contributed by atoms with E-state index in [-0.39, 0.29) is 16.8 Å². The molecule has 0 spiro atoms. The zero-order valence-corrected chi connectivity index (χ0v) is 18.3. The summed E-state index contributed by atoms with van der Waals surface area (Å²) in [5.41, 5.74) is 2.51. The number of amides is 2. The van der Waals surface area contributed by atoms with Crippen LogP contribution in [0.2, 0.25) is 0 Å². The Labute approximate surface area is 188 Å². The van der Waals surface area contributed by atoms with Gasteiger partial charge >= 0.3 is 0 Å². The second-order valence-electron chi connectivity index (χ2n) is 7.08. The largest absolute Gasteiger partial charge is 0.496 e. The minimum absolute atomic E-state index is 0.188. The zero-order valence-electron chi connectivity index (χ0n) is 18.3. The molecule has 0 saturated heterocycles. The minimum Gasteiger partial charge on any atom is -0.496 e. The average molecular weight is 447 g/mol. The second-order valence-corrected chi connectivity index (χ2v) is 7.08. The number of rotatable bonds is 6. The highest BCUT2D eigenvalue weighted by molar-refractivity contribution is 6.11. The van der Waals surface area contributed by atoms with E-state index in [9.17, 15) is 9.59 Å². The first kappa shape index (κ1) is 21.6. The van der Waals surface area contributed by atoms with Crippen LogP contribution in [-0.2, 0) is 0 Å². The summed E-state index contributed by atoms with van der Waals surface area (Å²) in [7, 11) is 2.95. The second kappa shape index (κ2) is 8.86. The van der Waals surface area contributed by atoms with Gasteiger partial charge in [0.15, 0.2) is 0 Å². The molecule has 0 aliphatic heterocycles. The number of carbonyl (C=O) groups excluding carboxylic acids is 2. The number of aromatic amines is 1. The molecule has 2 amide bonds. The number of carbonyl (C=O) groups is 2. The van der Waals surface area contributed by atoms with Gasteiger partial charge in [0.2, 0.25) is 0 Å². The van der Waals surface area contributed by atoms with E-state index in [1.165, 1.54) is 20.4 Å². The van der Waals surface area contributed by atoms with E-state index in [1.54, 1.807) is 31.2 Å². The fourth-order valence-corrected chi connectivity index (χ4v) is 3.26. The Bertz CT molecular complexity index is 1350. The van der Waals surface area contributed by atoms with Crippen molar-refractivity contribution in [3.63, 3.8) is 0 Å². The van der Waals surface area contributed by atoms with Crippen LogP contribution in [0.4, 0.5) is 17.3 Å². The lowest BCUT2D eigenvalue weighted by Gasteiger charge is -2.14. The van der Waals surface area contributed by atoms with E-state index in [2.05, 4.69) is 46.3 Å². The highest BCUT2D eigenvalue weighted by atomic mass is 16.5. The average Bonchev–Trinajstić information content (AvgIpc) is 3.24. The Morgan fingerprint density at radius 3 is 2.39 bits per heavy atom. The van der Waals surface area contributed by atoms with Crippen LogP contribution < -0.4 is 20.7 Å². The molecule has 0 radical (unpaired) electrons. The predicted molar refractivity (Wildman–Crippen MR) is 121 cm³/mol. The Hall–Kier alpha value is -4.61. The molecule has 0 aliphatic rings. The summed E-state index contributed by atoms with van der Waals surface area (Å²) in [6.45, 7) is 3.64. The van der Waals surface area contributed by atoms with E-state index in [0.717, 1.165) is 5.69 Å². The molecule has 12 nitrogen and oxygen atoms in total. The number of ether oxygens (including phenoxy) is 1. The molecule has 0 fully saturated rings. The van der Waals surface area contributed by atoms with Gasteiger partial charge in [0.05, 0.1) is 23.9 Å². The van der Waals surface area contributed by atoms with Crippen molar-refractivity contribution in [1.29, 1.82) is 0 Å². The number of nitrogens with zero attached hydrogens (tertiary/aromatic N) is 5. The number of H-pyrrole nitrogens is 1. The van der Waals surface area contributed by atoms with Gasteiger partial charge in [-0.2, -0.15) is 15.4 Å². The highest BCUT2D eigenvalue weighted by Crippen LogP contribution is 2.27. The number of anilines is 3. The monoisotopic (exact) mass is 447 g/mol. The first-order valence-electron chi connectivity index (χ1n) is 9.89. The fraction of sp³-hybridized carbons (Fsp3) is 0.190. The van der Waals surface area contributed by atoms with Crippen LogP contribution in [0.15, 0.2) is 30.5 Å². The van der Waals surface area contributed by atoms with Gasteiger partial charge in [-0.1, -0.05) is 0 Å². The lowest BCUT2D eigenvalue weighted by molar-refractivity contribution is 0.0963. The molecule has 3 aromatic heterocycles. The number of methoxy groups -OCH3 is 1. The summed E-state index contributed by atoms with van der Waals surface area (Å²) >= 11 is 0. The number of aromatic nitrogens is 6. The third kappa shape index (κ3) is 4.54. The van der Waals surface area contributed by atoms with Crippen LogP contribution in [0.1, 0.15) is 32.2 Å². The van der Waals surface area contributed by atoms with Crippen molar-refractivity contribution in [3.05, 3.63) is 53.1 Å². The first-order chi connectivity index (χ1) is 15.9. The van der Waals surface area contributed by atoms with Crippen molar-refractivity contribution >= 4 is 40.2 Å². The standard InChI is InChI=1S/C21H21N9O3/c1-10-5-19(25-11(2)24-10)27-18-8-14(13(9-23-18)20(31)22-3)26-21(32)12-6-15-16(29-30-28-15)7-17(12)33-4/h5-9H,1-4H3,(H,22,31)(H,28,29,30)(H2,23,24,25,26,27,32). The summed E-state index contributed by atoms with van der Waals surface area (Å²) in [5.74, 6) is 0.938. The molecule has 168 valence electrons.